The van der Waals surface area contributed by atoms with E-state index in [1.54, 1.807) is 0 Å². The van der Waals surface area contributed by atoms with Gasteiger partial charge in [0.15, 0.2) is 0 Å². The third-order valence-corrected chi connectivity index (χ3v) is 0.500. The second kappa shape index (κ2) is 1.71. The van der Waals surface area contributed by atoms with Gasteiger partial charge >= 0.3 is 0 Å². The third-order valence-electron chi connectivity index (χ3n) is 0.500. The van der Waals surface area contributed by atoms with Crippen molar-refractivity contribution in [2.24, 2.45) is 0 Å². The Kier molecular flexibility index (Phi) is 1.52. The maximum atomic E-state index is 3.48. The highest BCUT2D eigenvalue weighted by Crippen LogP contribution is 1.97. The second-order valence-electron chi connectivity index (χ2n) is 1.21. The van der Waals surface area contributed by atoms with Crippen LogP contribution in [0.3, 0.4) is 0 Å². The fraction of sp³-hybridized carbons (Fsp3) is 0. The molecule has 0 aromatic carbocycles. The van der Waals surface area contributed by atoms with E-state index in [4.69, 9.17) is 0 Å². The normalized spacial score (nSPS) is 7.50. The van der Waals surface area contributed by atoms with Crippen molar-refractivity contribution in [3.8, 4) is 0 Å². The predicted molar refractivity (Wildman–Crippen MR) is 29.0 cm³/mol. The first kappa shape index (κ1) is 5.35. The molecule has 0 aliphatic carbocycles. The van der Waals surface area contributed by atoms with Crippen LogP contribution in [0.2, 0.25) is 0 Å². The van der Waals surface area contributed by atoms with Crippen molar-refractivity contribution in [1.29, 1.82) is 0 Å². The molecule has 0 heteroatoms. The Bertz CT molecular complexity index is 66.0. The molecule has 0 rings (SSSR count). The Hall–Kier alpha value is -0.650. The van der Waals surface area contributed by atoms with Gasteiger partial charge in [-0.25, -0.2) is 0 Å². The third kappa shape index (κ3) is 1.65. The fourth-order valence-corrected chi connectivity index (χ4v) is 0. The summed E-state index contributed by atoms with van der Waals surface area (Å²) in [5.41, 5.74) is 1.41. The average Bonchev–Trinajstić information content (AvgIpc) is 1.36. The first-order valence-corrected chi connectivity index (χ1v) is 1.66. The van der Waals surface area contributed by atoms with Gasteiger partial charge in [-0.15, -0.1) is 0 Å². The van der Waals surface area contributed by atoms with E-state index < -0.39 is 0 Å². The van der Waals surface area contributed by atoms with Crippen LogP contribution < -0.4 is 0 Å². The van der Waals surface area contributed by atoms with Crippen LogP contribution in [0, 0.1) is 13.8 Å². The number of rotatable bonds is 1. The van der Waals surface area contributed by atoms with Gasteiger partial charge in [-0.05, 0) is 0 Å². The predicted octanol–water partition coefficient (Wildman–Crippen LogP) is 1.77. The molecule has 0 bridgehead atoms. The van der Waals surface area contributed by atoms with Crippen molar-refractivity contribution in [2.45, 2.75) is 0 Å². The lowest BCUT2D eigenvalue weighted by Crippen LogP contribution is -1.68. The zero-order valence-electron chi connectivity index (χ0n) is 3.83. The molecule has 0 nitrogen and oxygen atoms in total. The van der Waals surface area contributed by atoms with Crippen molar-refractivity contribution in [1.82, 2.24) is 0 Å². The van der Waals surface area contributed by atoms with Gasteiger partial charge in [-0.1, -0.05) is 6.92 Å². The van der Waals surface area contributed by atoms with Crippen LogP contribution in [0.15, 0.2) is 24.3 Å². The Morgan fingerprint density at radius 3 is 1.50 bits per heavy atom. The Labute approximate surface area is 39.2 Å². The van der Waals surface area contributed by atoms with Crippen molar-refractivity contribution < 1.29 is 0 Å². The van der Waals surface area contributed by atoms with Crippen molar-refractivity contribution in [3.63, 3.8) is 0 Å². The first-order valence-electron chi connectivity index (χ1n) is 1.66. The molecule has 0 N–H and O–H groups in total. The lowest BCUT2D eigenvalue weighted by Gasteiger charge is -1.99. The van der Waals surface area contributed by atoms with Crippen molar-refractivity contribution in [2.75, 3.05) is 0 Å². The largest absolute Gasteiger partial charge is 0.200 e. The van der Waals surface area contributed by atoms with Crippen molar-refractivity contribution in [3.05, 3.63) is 38.2 Å². The molecule has 0 heterocycles. The molecule has 33 valence electrons. The summed E-state index contributed by atoms with van der Waals surface area (Å²) in [4.78, 5) is 0. The summed E-state index contributed by atoms with van der Waals surface area (Å²) in [6, 6.07) is 0. The lowest BCUT2D eigenvalue weighted by molar-refractivity contribution is 1.63. The highest BCUT2D eigenvalue weighted by Gasteiger charge is 1.66. The second-order valence-corrected chi connectivity index (χ2v) is 1.21. The topological polar surface area (TPSA) is 0 Å². The highest BCUT2D eigenvalue weighted by molar-refractivity contribution is 5.29. The van der Waals surface area contributed by atoms with E-state index in [9.17, 15) is 0 Å². The van der Waals surface area contributed by atoms with Gasteiger partial charge in [0, 0.05) is 0 Å². The number of allylic oxidation sites excluding steroid dienone is 2. The SMILES string of the molecule is [CH2]C(=C)C(=C)[CH2-]. The Morgan fingerprint density at radius 1 is 1.33 bits per heavy atom. The molecule has 0 aromatic heterocycles. The molecule has 0 unspecified atom stereocenters. The minimum Gasteiger partial charge on any atom is -0.200 e. The van der Waals surface area contributed by atoms with Crippen LogP contribution in [0.5, 0.6) is 0 Å². The molecular weight excluding hydrogens is 72.1 g/mol. The van der Waals surface area contributed by atoms with E-state index in [1.165, 1.54) is 0 Å². The Balaban J connectivity index is 3.57. The molecule has 0 saturated carbocycles. The van der Waals surface area contributed by atoms with Gasteiger partial charge in [-0.2, -0.15) is 31.2 Å². The molecule has 0 fully saturated rings. The standard InChI is InChI=1S/C6H8/c1-5(2)6(3)4/h1-4H2/q-1. The van der Waals surface area contributed by atoms with E-state index in [0.29, 0.717) is 11.1 Å². The van der Waals surface area contributed by atoms with Gasteiger partial charge in [0.25, 0.3) is 0 Å². The maximum absolute atomic E-state index is 3.48. The van der Waals surface area contributed by atoms with Crippen LogP contribution in [0.4, 0.5) is 0 Å². The average molecular weight is 80.1 g/mol. The molecular formula is C6H8-. The molecule has 0 spiro atoms. The summed E-state index contributed by atoms with van der Waals surface area (Å²) in [6.07, 6.45) is 0. The van der Waals surface area contributed by atoms with Gasteiger partial charge in [0.05, 0.1) is 0 Å². The molecule has 1 radical (unpaired) electrons. The monoisotopic (exact) mass is 80.1 g/mol. The van der Waals surface area contributed by atoms with Gasteiger partial charge in [-0.3, -0.25) is 0 Å². The van der Waals surface area contributed by atoms with E-state index >= 15 is 0 Å². The molecule has 0 saturated heterocycles. The summed E-state index contributed by atoms with van der Waals surface area (Å²) in [5, 5.41) is 0. The molecule has 0 aromatic rings. The van der Waals surface area contributed by atoms with E-state index in [-0.39, 0.29) is 0 Å². The minimum absolute atomic E-state index is 0.704. The van der Waals surface area contributed by atoms with Crippen LogP contribution in [0.1, 0.15) is 0 Å². The van der Waals surface area contributed by atoms with Gasteiger partial charge in [0.1, 0.15) is 0 Å². The minimum atomic E-state index is 0.704. The van der Waals surface area contributed by atoms with E-state index in [0.717, 1.165) is 0 Å². The van der Waals surface area contributed by atoms with E-state index in [2.05, 4.69) is 27.0 Å². The molecule has 0 amide bonds. The summed E-state index contributed by atoms with van der Waals surface area (Å²) in [5.74, 6) is 0. The smallest absolute Gasteiger partial charge is 0.0805 e. The van der Waals surface area contributed by atoms with Gasteiger partial charge in [0.2, 0.25) is 0 Å². The van der Waals surface area contributed by atoms with E-state index in [1.807, 2.05) is 0 Å². The quantitative estimate of drug-likeness (QED) is 0.332. The fourth-order valence-electron chi connectivity index (χ4n) is 0. The lowest BCUT2D eigenvalue weighted by atomic mass is 10.2. The van der Waals surface area contributed by atoms with Crippen molar-refractivity contribution >= 4 is 0 Å². The summed E-state index contributed by atoms with van der Waals surface area (Å²) >= 11 is 0. The van der Waals surface area contributed by atoms with Crippen LogP contribution in [0.25, 0.3) is 0 Å². The number of hydrogen-bond donors (Lipinski definition) is 0. The van der Waals surface area contributed by atoms with Crippen LogP contribution >= 0.6 is 0 Å². The molecule has 0 aliphatic heterocycles. The van der Waals surface area contributed by atoms with Gasteiger partial charge < -0.3 is 0 Å². The first-order chi connectivity index (χ1) is 2.64. The highest BCUT2D eigenvalue weighted by atomic mass is 13.8. The summed E-state index contributed by atoms with van der Waals surface area (Å²) in [6.45, 7) is 13.9. The zero-order chi connectivity index (χ0) is 5.15. The zero-order valence-corrected chi connectivity index (χ0v) is 3.83. The van der Waals surface area contributed by atoms with Crippen LogP contribution in [-0.4, -0.2) is 0 Å². The number of hydrogen-bond acceptors (Lipinski definition) is 0. The molecule has 0 atom stereocenters. The summed E-state index contributed by atoms with van der Waals surface area (Å²) < 4.78 is 0. The Morgan fingerprint density at radius 2 is 1.50 bits per heavy atom. The molecule has 6 heavy (non-hydrogen) atoms. The maximum Gasteiger partial charge on any atom is -0.0805 e. The summed E-state index contributed by atoms with van der Waals surface area (Å²) in [7, 11) is 0. The van der Waals surface area contributed by atoms with Crippen LogP contribution in [-0.2, 0) is 0 Å². The molecule has 0 aliphatic rings.